The van der Waals surface area contributed by atoms with Crippen LogP contribution in [0.15, 0.2) is 72.8 Å². The Hall–Kier alpha value is -3.88. The van der Waals surface area contributed by atoms with E-state index in [0.29, 0.717) is 11.1 Å². The van der Waals surface area contributed by atoms with Crippen molar-refractivity contribution >= 4 is 24.3 Å². The maximum Gasteiger partial charge on any atom is 0.0991 e. The number of hydrogen-bond donors (Lipinski definition) is 0. The molecule has 0 aliphatic carbocycles. The molecule has 0 fully saturated rings. The highest BCUT2D eigenvalue weighted by Gasteiger charge is 1.93. The van der Waals surface area contributed by atoms with E-state index in [4.69, 9.17) is 10.5 Å². The first-order chi connectivity index (χ1) is 12.8. The van der Waals surface area contributed by atoms with Crippen molar-refractivity contribution in [3.05, 3.63) is 106 Å². The lowest BCUT2D eigenvalue weighted by Crippen LogP contribution is -1.77. The van der Waals surface area contributed by atoms with E-state index in [1.54, 1.807) is 0 Å². The minimum Gasteiger partial charge on any atom is -0.192 e. The summed E-state index contributed by atoms with van der Waals surface area (Å²) in [5.41, 5.74) is 5.69. The van der Waals surface area contributed by atoms with Crippen molar-refractivity contribution < 1.29 is 0 Å². The second-order valence-electron chi connectivity index (χ2n) is 5.80. The molecule has 0 aromatic heterocycles. The summed E-state index contributed by atoms with van der Waals surface area (Å²) in [6.07, 6.45) is 8.16. The third kappa shape index (κ3) is 4.57. The maximum absolute atomic E-state index is 8.82. The Balaban J connectivity index is 1.65. The molecule has 3 rings (SSSR count). The van der Waals surface area contributed by atoms with Crippen LogP contribution in [-0.2, 0) is 0 Å². The molecule has 0 aliphatic heterocycles. The topological polar surface area (TPSA) is 47.6 Å². The fourth-order valence-electron chi connectivity index (χ4n) is 2.44. The third-order valence-electron chi connectivity index (χ3n) is 3.95. The molecule has 26 heavy (non-hydrogen) atoms. The summed E-state index contributed by atoms with van der Waals surface area (Å²) in [4.78, 5) is 0. The fourth-order valence-corrected chi connectivity index (χ4v) is 2.44. The van der Waals surface area contributed by atoms with Gasteiger partial charge in [-0.05, 0) is 46.5 Å². The third-order valence-corrected chi connectivity index (χ3v) is 3.95. The van der Waals surface area contributed by atoms with Gasteiger partial charge in [0.15, 0.2) is 0 Å². The zero-order valence-electron chi connectivity index (χ0n) is 14.1. The van der Waals surface area contributed by atoms with Gasteiger partial charge < -0.3 is 0 Å². The van der Waals surface area contributed by atoms with Gasteiger partial charge in [-0.1, -0.05) is 72.8 Å². The molecule has 0 radical (unpaired) electrons. The van der Waals surface area contributed by atoms with Crippen molar-refractivity contribution in [2.24, 2.45) is 0 Å². The van der Waals surface area contributed by atoms with Crippen LogP contribution >= 0.6 is 0 Å². The number of benzene rings is 3. The van der Waals surface area contributed by atoms with Crippen molar-refractivity contribution in [2.45, 2.75) is 0 Å². The molecular weight excluding hydrogens is 316 g/mol. The van der Waals surface area contributed by atoms with Gasteiger partial charge >= 0.3 is 0 Å². The van der Waals surface area contributed by atoms with Gasteiger partial charge in [0.2, 0.25) is 0 Å². The highest BCUT2D eigenvalue weighted by atomic mass is 14.2. The Labute approximate surface area is 153 Å². The van der Waals surface area contributed by atoms with Crippen molar-refractivity contribution in [1.82, 2.24) is 0 Å². The van der Waals surface area contributed by atoms with E-state index >= 15 is 0 Å². The van der Waals surface area contributed by atoms with E-state index in [0.717, 1.165) is 22.3 Å². The first kappa shape index (κ1) is 17.0. The molecule has 0 saturated carbocycles. The minimum absolute atomic E-state index is 0.667. The van der Waals surface area contributed by atoms with Crippen LogP contribution in [0, 0.1) is 22.7 Å². The van der Waals surface area contributed by atoms with Gasteiger partial charge in [-0.15, -0.1) is 0 Å². The van der Waals surface area contributed by atoms with Gasteiger partial charge in [0.25, 0.3) is 0 Å². The molecule has 0 unspecified atom stereocenters. The van der Waals surface area contributed by atoms with Crippen molar-refractivity contribution in [3.63, 3.8) is 0 Å². The molecule has 122 valence electrons. The Kier molecular flexibility index (Phi) is 5.41. The predicted octanol–water partition coefficient (Wildman–Crippen LogP) is 5.77. The Morgan fingerprint density at radius 2 is 0.654 bits per heavy atom. The van der Waals surface area contributed by atoms with Crippen molar-refractivity contribution in [1.29, 1.82) is 10.5 Å². The van der Waals surface area contributed by atoms with Gasteiger partial charge in [-0.2, -0.15) is 10.5 Å². The molecule has 0 amide bonds. The Morgan fingerprint density at radius 1 is 0.423 bits per heavy atom. The average Bonchev–Trinajstić information content (AvgIpc) is 2.72. The van der Waals surface area contributed by atoms with Crippen molar-refractivity contribution in [2.75, 3.05) is 0 Å². The Morgan fingerprint density at radius 3 is 0.885 bits per heavy atom. The Bertz CT molecular complexity index is 922. The molecule has 0 saturated heterocycles. The second kappa shape index (κ2) is 8.29. The summed E-state index contributed by atoms with van der Waals surface area (Å²) in [5.74, 6) is 0. The molecule has 2 nitrogen and oxygen atoms in total. The van der Waals surface area contributed by atoms with Crippen LogP contribution in [-0.4, -0.2) is 0 Å². The fraction of sp³-hybridized carbons (Fsp3) is 0. The highest BCUT2D eigenvalue weighted by Crippen LogP contribution is 2.13. The summed E-state index contributed by atoms with van der Waals surface area (Å²) in [5, 5.41) is 17.6. The van der Waals surface area contributed by atoms with E-state index < -0.39 is 0 Å². The summed E-state index contributed by atoms with van der Waals surface area (Å²) < 4.78 is 0. The van der Waals surface area contributed by atoms with Gasteiger partial charge in [-0.25, -0.2) is 0 Å². The summed E-state index contributed by atoms with van der Waals surface area (Å²) in [6, 6.07) is 27.5. The van der Waals surface area contributed by atoms with Crippen LogP contribution in [0.2, 0.25) is 0 Å². The zero-order chi connectivity index (χ0) is 18.2. The maximum atomic E-state index is 8.82. The summed E-state index contributed by atoms with van der Waals surface area (Å²) in [7, 11) is 0. The lowest BCUT2D eigenvalue weighted by molar-refractivity contribution is 1.48. The molecule has 0 N–H and O–H groups in total. The summed E-state index contributed by atoms with van der Waals surface area (Å²) in [6.45, 7) is 0. The second-order valence-corrected chi connectivity index (χ2v) is 5.80. The number of nitriles is 2. The normalized spacial score (nSPS) is 10.7. The first-order valence-electron chi connectivity index (χ1n) is 8.23. The molecule has 3 aromatic rings. The average molecular weight is 332 g/mol. The predicted molar refractivity (Wildman–Crippen MR) is 107 cm³/mol. The number of rotatable bonds is 4. The van der Waals surface area contributed by atoms with E-state index in [2.05, 4.69) is 48.6 Å². The molecule has 0 heterocycles. The number of hydrogen-bond acceptors (Lipinski definition) is 2. The van der Waals surface area contributed by atoms with Crippen LogP contribution in [0.5, 0.6) is 0 Å². The highest BCUT2D eigenvalue weighted by molar-refractivity contribution is 5.73. The molecule has 2 heteroatoms. The monoisotopic (exact) mass is 332 g/mol. The van der Waals surface area contributed by atoms with Gasteiger partial charge in [-0.3, -0.25) is 0 Å². The zero-order valence-corrected chi connectivity index (χ0v) is 14.1. The molecule has 0 bridgehead atoms. The minimum atomic E-state index is 0.667. The van der Waals surface area contributed by atoms with E-state index in [1.807, 2.05) is 60.7 Å². The molecule has 3 aromatic carbocycles. The standard InChI is InChI=1S/C24H16N2/c25-17-23-13-9-21(10-14-23)7-5-19-1-2-20(4-3-19)6-8-22-11-15-24(18-26)16-12-22/h1-16H/b7-5-,8-6-. The lowest BCUT2D eigenvalue weighted by Gasteiger charge is -1.98. The van der Waals surface area contributed by atoms with Gasteiger partial charge in [0.05, 0.1) is 23.3 Å². The quantitative estimate of drug-likeness (QED) is 0.569. The van der Waals surface area contributed by atoms with Gasteiger partial charge in [0.1, 0.15) is 0 Å². The van der Waals surface area contributed by atoms with Crippen LogP contribution in [0.3, 0.4) is 0 Å². The largest absolute Gasteiger partial charge is 0.192 e. The van der Waals surface area contributed by atoms with E-state index in [1.165, 1.54) is 0 Å². The smallest absolute Gasteiger partial charge is 0.0991 e. The molecule has 0 aliphatic rings. The molecular formula is C24H16N2. The summed E-state index contributed by atoms with van der Waals surface area (Å²) >= 11 is 0. The molecule has 0 spiro atoms. The van der Waals surface area contributed by atoms with Crippen LogP contribution in [0.25, 0.3) is 24.3 Å². The van der Waals surface area contributed by atoms with Crippen LogP contribution < -0.4 is 0 Å². The van der Waals surface area contributed by atoms with Crippen molar-refractivity contribution in [3.8, 4) is 12.1 Å². The van der Waals surface area contributed by atoms with E-state index in [9.17, 15) is 0 Å². The lowest BCUT2D eigenvalue weighted by atomic mass is 10.1. The van der Waals surface area contributed by atoms with Crippen LogP contribution in [0.1, 0.15) is 33.4 Å². The van der Waals surface area contributed by atoms with Gasteiger partial charge in [0, 0.05) is 0 Å². The first-order valence-corrected chi connectivity index (χ1v) is 8.23. The SMILES string of the molecule is N#Cc1ccc(/C=C\c2ccc(/C=C\c3ccc(C#N)cc3)cc2)cc1. The van der Waals surface area contributed by atoms with Crippen LogP contribution in [0.4, 0.5) is 0 Å². The number of nitrogens with zero attached hydrogens (tertiary/aromatic N) is 2. The molecule has 0 atom stereocenters. The van der Waals surface area contributed by atoms with E-state index in [-0.39, 0.29) is 0 Å².